The molecule has 5 nitrogen and oxygen atoms in total. The molecule has 0 atom stereocenters. The molecule has 0 aliphatic rings. The fourth-order valence-corrected chi connectivity index (χ4v) is 1.82. The van der Waals surface area contributed by atoms with E-state index in [1.165, 1.54) is 6.07 Å². The van der Waals surface area contributed by atoms with Crippen molar-refractivity contribution in [1.29, 1.82) is 0 Å². The number of H-pyrrole nitrogens is 1. The molecule has 0 unspecified atom stereocenters. The lowest BCUT2D eigenvalue weighted by Crippen LogP contribution is -2.16. The standard InChI is InChI=1S/C15H15ClN2O3/c1-9(2)8-21-11-5-3-10(4-6-11)13-7-12(14(16)19)15(20)18-17-13/h3-7,9H,8H2,1-2H3,(H,18,20). The Morgan fingerprint density at radius 3 is 2.57 bits per heavy atom. The maximum absolute atomic E-state index is 11.4. The molecule has 2 rings (SSSR count). The van der Waals surface area contributed by atoms with Gasteiger partial charge in [0.25, 0.3) is 10.8 Å². The second kappa shape index (κ2) is 6.54. The Morgan fingerprint density at radius 1 is 1.33 bits per heavy atom. The maximum atomic E-state index is 11.4. The van der Waals surface area contributed by atoms with Gasteiger partial charge in [-0.25, -0.2) is 5.10 Å². The van der Waals surface area contributed by atoms with Crippen molar-refractivity contribution in [3.8, 4) is 17.0 Å². The Bertz CT molecular complexity index is 693. The van der Waals surface area contributed by atoms with Gasteiger partial charge in [-0.2, -0.15) is 5.10 Å². The maximum Gasteiger partial charge on any atom is 0.276 e. The van der Waals surface area contributed by atoms with E-state index in [0.29, 0.717) is 18.2 Å². The van der Waals surface area contributed by atoms with Crippen molar-refractivity contribution < 1.29 is 9.53 Å². The summed E-state index contributed by atoms with van der Waals surface area (Å²) in [4.78, 5) is 22.6. The van der Waals surface area contributed by atoms with E-state index >= 15 is 0 Å². The average molecular weight is 307 g/mol. The minimum absolute atomic E-state index is 0.123. The van der Waals surface area contributed by atoms with Crippen LogP contribution in [0.3, 0.4) is 0 Å². The van der Waals surface area contributed by atoms with Gasteiger partial charge in [0.05, 0.1) is 12.3 Å². The number of hydrogen-bond donors (Lipinski definition) is 1. The number of nitrogens with zero attached hydrogens (tertiary/aromatic N) is 1. The number of carbonyl (C=O) groups excluding carboxylic acids is 1. The zero-order chi connectivity index (χ0) is 15.4. The van der Waals surface area contributed by atoms with Crippen LogP contribution >= 0.6 is 11.6 Å². The number of ether oxygens (including phenoxy) is 1. The number of carbonyl (C=O) groups is 1. The van der Waals surface area contributed by atoms with Crippen molar-refractivity contribution in [2.75, 3.05) is 6.61 Å². The summed E-state index contributed by atoms with van der Waals surface area (Å²) in [5, 5.41) is 5.36. The summed E-state index contributed by atoms with van der Waals surface area (Å²) in [6.45, 7) is 4.79. The van der Waals surface area contributed by atoms with Gasteiger partial charge in [0.2, 0.25) is 0 Å². The Balaban J connectivity index is 2.24. The van der Waals surface area contributed by atoms with Crippen molar-refractivity contribution >= 4 is 16.8 Å². The minimum Gasteiger partial charge on any atom is -0.493 e. The summed E-state index contributed by atoms with van der Waals surface area (Å²) >= 11 is 5.36. The number of halogens is 1. The highest BCUT2D eigenvalue weighted by molar-refractivity contribution is 6.67. The average Bonchev–Trinajstić information content (AvgIpc) is 2.46. The number of rotatable bonds is 5. The first-order valence-electron chi connectivity index (χ1n) is 6.50. The van der Waals surface area contributed by atoms with Crippen molar-refractivity contribution in [1.82, 2.24) is 10.2 Å². The van der Waals surface area contributed by atoms with E-state index < -0.39 is 10.8 Å². The predicted molar refractivity (Wildman–Crippen MR) is 80.8 cm³/mol. The number of nitrogens with one attached hydrogen (secondary N) is 1. The molecule has 21 heavy (non-hydrogen) atoms. The van der Waals surface area contributed by atoms with Crippen molar-refractivity contribution in [3.63, 3.8) is 0 Å². The molecule has 2 aromatic rings. The molecule has 1 aromatic heterocycles. The molecule has 0 saturated heterocycles. The van der Waals surface area contributed by atoms with Crippen molar-refractivity contribution in [2.45, 2.75) is 13.8 Å². The molecule has 0 spiro atoms. The van der Waals surface area contributed by atoms with E-state index in [9.17, 15) is 9.59 Å². The topological polar surface area (TPSA) is 72.1 Å². The van der Waals surface area contributed by atoms with Crippen LogP contribution in [0.25, 0.3) is 11.3 Å². The van der Waals surface area contributed by atoms with E-state index in [4.69, 9.17) is 16.3 Å². The molecule has 1 N–H and O–H groups in total. The Morgan fingerprint density at radius 2 is 2.00 bits per heavy atom. The summed E-state index contributed by atoms with van der Waals surface area (Å²) in [5.41, 5.74) is 0.494. The van der Waals surface area contributed by atoms with Gasteiger partial charge in [-0.15, -0.1) is 0 Å². The van der Waals surface area contributed by atoms with Gasteiger partial charge in [0.1, 0.15) is 11.3 Å². The summed E-state index contributed by atoms with van der Waals surface area (Å²) in [6.07, 6.45) is 0. The first-order valence-corrected chi connectivity index (χ1v) is 6.88. The van der Waals surface area contributed by atoms with Gasteiger partial charge in [-0.1, -0.05) is 13.8 Å². The molecule has 1 aromatic carbocycles. The van der Waals surface area contributed by atoms with Crippen LogP contribution in [0.15, 0.2) is 35.1 Å². The van der Waals surface area contributed by atoms with E-state index in [1.54, 1.807) is 12.1 Å². The highest BCUT2D eigenvalue weighted by Crippen LogP contribution is 2.21. The quantitative estimate of drug-likeness (QED) is 0.862. The third-order valence-electron chi connectivity index (χ3n) is 2.75. The minimum atomic E-state index is -0.809. The van der Waals surface area contributed by atoms with Gasteiger partial charge in [-0.3, -0.25) is 9.59 Å². The third-order valence-corrected chi connectivity index (χ3v) is 2.95. The fourth-order valence-electron chi connectivity index (χ4n) is 1.68. The van der Waals surface area contributed by atoms with Gasteiger partial charge in [0.15, 0.2) is 0 Å². The molecule has 0 aliphatic carbocycles. The van der Waals surface area contributed by atoms with Crippen LogP contribution < -0.4 is 10.3 Å². The molecule has 0 saturated carbocycles. The van der Waals surface area contributed by atoms with E-state index in [2.05, 4.69) is 24.0 Å². The smallest absolute Gasteiger partial charge is 0.276 e. The first kappa shape index (κ1) is 15.3. The van der Waals surface area contributed by atoms with Crippen LogP contribution in [0, 0.1) is 5.92 Å². The fraction of sp³-hybridized carbons (Fsp3) is 0.267. The largest absolute Gasteiger partial charge is 0.493 e. The zero-order valence-corrected chi connectivity index (χ0v) is 12.5. The molecule has 0 aliphatic heterocycles. The second-order valence-electron chi connectivity index (χ2n) is 5.00. The lowest BCUT2D eigenvalue weighted by molar-refractivity contribution is 0.108. The summed E-state index contributed by atoms with van der Waals surface area (Å²) < 4.78 is 5.59. The van der Waals surface area contributed by atoms with Crippen LogP contribution in [0.5, 0.6) is 5.75 Å². The number of hydrogen-bond acceptors (Lipinski definition) is 4. The Kier molecular flexibility index (Phi) is 4.75. The summed E-state index contributed by atoms with van der Waals surface area (Å²) in [5.74, 6) is 1.20. The highest BCUT2D eigenvalue weighted by atomic mass is 35.5. The number of aromatic amines is 1. The molecule has 0 amide bonds. The Hall–Kier alpha value is -2.14. The molecule has 1 heterocycles. The van der Waals surface area contributed by atoms with Crippen LogP contribution in [-0.4, -0.2) is 22.0 Å². The third kappa shape index (κ3) is 3.92. The van der Waals surface area contributed by atoms with Crippen LogP contribution in [-0.2, 0) is 0 Å². The highest BCUT2D eigenvalue weighted by Gasteiger charge is 2.10. The summed E-state index contributed by atoms with van der Waals surface area (Å²) in [6, 6.07) is 8.61. The SMILES string of the molecule is CC(C)COc1ccc(-c2cc(C(=O)Cl)c(=O)[nH]n2)cc1. The van der Waals surface area contributed by atoms with Gasteiger partial charge in [-0.05, 0) is 47.9 Å². The zero-order valence-electron chi connectivity index (χ0n) is 11.7. The van der Waals surface area contributed by atoms with Gasteiger partial charge >= 0.3 is 0 Å². The molecular formula is C15H15ClN2O3. The van der Waals surface area contributed by atoms with Crippen molar-refractivity contribution in [2.24, 2.45) is 5.92 Å². The molecule has 0 fully saturated rings. The lowest BCUT2D eigenvalue weighted by Gasteiger charge is -2.09. The predicted octanol–water partition coefficient (Wildman–Crippen LogP) is 2.85. The van der Waals surface area contributed by atoms with E-state index in [-0.39, 0.29) is 5.56 Å². The van der Waals surface area contributed by atoms with Gasteiger partial charge < -0.3 is 4.74 Å². The lowest BCUT2D eigenvalue weighted by atomic mass is 10.1. The van der Waals surface area contributed by atoms with E-state index in [0.717, 1.165) is 11.3 Å². The van der Waals surface area contributed by atoms with Crippen LogP contribution in [0.1, 0.15) is 24.2 Å². The second-order valence-corrected chi connectivity index (χ2v) is 5.34. The molecule has 0 radical (unpaired) electrons. The van der Waals surface area contributed by atoms with E-state index in [1.807, 2.05) is 12.1 Å². The number of benzene rings is 1. The van der Waals surface area contributed by atoms with Crippen LogP contribution in [0.2, 0.25) is 0 Å². The monoisotopic (exact) mass is 306 g/mol. The Labute approximate surface area is 126 Å². The molecule has 0 bridgehead atoms. The normalized spacial score (nSPS) is 10.7. The van der Waals surface area contributed by atoms with Crippen LogP contribution in [0.4, 0.5) is 0 Å². The molecular weight excluding hydrogens is 292 g/mol. The number of aromatic nitrogens is 2. The van der Waals surface area contributed by atoms with Gasteiger partial charge in [0, 0.05) is 5.56 Å². The van der Waals surface area contributed by atoms with Crippen molar-refractivity contribution in [3.05, 3.63) is 46.2 Å². The molecule has 6 heteroatoms. The molecule has 110 valence electrons. The summed E-state index contributed by atoms with van der Waals surface area (Å²) in [7, 11) is 0. The first-order chi connectivity index (χ1) is 9.97.